The van der Waals surface area contributed by atoms with Crippen LogP contribution in [0.25, 0.3) is 0 Å². The molecule has 0 saturated heterocycles. The summed E-state index contributed by atoms with van der Waals surface area (Å²) in [4.78, 5) is 5.59. The van der Waals surface area contributed by atoms with Crippen LogP contribution in [-0.2, 0) is 6.54 Å². The Morgan fingerprint density at radius 2 is 1.89 bits per heavy atom. The lowest BCUT2D eigenvalue weighted by atomic mass is 10.2. The average molecular weight is 260 g/mol. The van der Waals surface area contributed by atoms with Crippen molar-refractivity contribution < 1.29 is 4.74 Å². The molecule has 1 heterocycles. The first-order valence-corrected chi connectivity index (χ1v) is 6.94. The van der Waals surface area contributed by atoms with E-state index in [0.29, 0.717) is 12.4 Å². The Morgan fingerprint density at radius 3 is 2.44 bits per heavy atom. The number of rotatable bonds is 4. The molecule has 0 bridgehead atoms. The zero-order valence-electron chi connectivity index (χ0n) is 10.5. The molecule has 18 heavy (non-hydrogen) atoms. The standard InChI is InChI=1S/C14H16N2OS/c1-10-11(9-15)3-8-14(16-10)17-12-4-6-13(18-2)7-5-12/h3-8H,9,15H2,1-2H3. The predicted octanol–water partition coefficient (Wildman–Crippen LogP) is 3.36. The highest BCUT2D eigenvalue weighted by Gasteiger charge is 2.02. The molecule has 0 fully saturated rings. The van der Waals surface area contributed by atoms with Crippen molar-refractivity contribution in [2.75, 3.05) is 6.26 Å². The number of nitrogens with zero attached hydrogens (tertiary/aromatic N) is 1. The number of hydrogen-bond donors (Lipinski definition) is 1. The summed E-state index contributed by atoms with van der Waals surface area (Å²) in [6.45, 7) is 2.44. The largest absolute Gasteiger partial charge is 0.439 e. The molecule has 0 unspecified atom stereocenters. The van der Waals surface area contributed by atoms with E-state index in [0.717, 1.165) is 17.0 Å². The minimum atomic E-state index is 0.502. The van der Waals surface area contributed by atoms with Crippen molar-refractivity contribution in [3.05, 3.63) is 47.7 Å². The summed E-state index contributed by atoms with van der Waals surface area (Å²) < 4.78 is 5.70. The number of benzene rings is 1. The molecule has 0 radical (unpaired) electrons. The second-order valence-electron chi connectivity index (χ2n) is 3.88. The number of hydrogen-bond acceptors (Lipinski definition) is 4. The van der Waals surface area contributed by atoms with Gasteiger partial charge in [0.05, 0.1) is 0 Å². The summed E-state index contributed by atoms with van der Waals surface area (Å²) in [5.41, 5.74) is 7.56. The molecule has 2 rings (SSSR count). The Morgan fingerprint density at radius 1 is 1.17 bits per heavy atom. The molecule has 1 aromatic heterocycles. The lowest BCUT2D eigenvalue weighted by molar-refractivity contribution is 0.461. The van der Waals surface area contributed by atoms with Gasteiger partial charge in [0, 0.05) is 23.2 Å². The molecule has 0 amide bonds. The maximum atomic E-state index is 5.70. The van der Waals surface area contributed by atoms with E-state index < -0.39 is 0 Å². The molecular weight excluding hydrogens is 244 g/mol. The number of aromatic nitrogens is 1. The molecule has 2 N–H and O–H groups in total. The minimum absolute atomic E-state index is 0.502. The first-order valence-electron chi connectivity index (χ1n) is 5.71. The zero-order valence-corrected chi connectivity index (χ0v) is 11.3. The highest BCUT2D eigenvalue weighted by Crippen LogP contribution is 2.23. The fourth-order valence-corrected chi connectivity index (χ4v) is 2.01. The van der Waals surface area contributed by atoms with Gasteiger partial charge in [0.2, 0.25) is 5.88 Å². The maximum absolute atomic E-state index is 5.70. The maximum Gasteiger partial charge on any atom is 0.219 e. The Kier molecular flexibility index (Phi) is 4.23. The van der Waals surface area contributed by atoms with Gasteiger partial charge in [-0.15, -0.1) is 11.8 Å². The SMILES string of the molecule is CSc1ccc(Oc2ccc(CN)c(C)n2)cc1. The normalized spacial score (nSPS) is 10.4. The highest BCUT2D eigenvalue weighted by molar-refractivity contribution is 7.98. The number of aryl methyl sites for hydroxylation is 1. The van der Waals surface area contributed by atoms with E-state index in [9.17, 15) is 0 Å². The van der Waals surface area contributed by atoms with Gasteiger partial charge in [0.15, 0.2) is 0 Å². The molecule has 94 valence electrons. The zero-order chi connectivity index (χ0) is 13.0. The molecule has 2 aromatic rings. The number of nitrogens with two attached hydrogens (primary N) is 1. The summed E-state index contributed by atoms with van der Waals surface area (Å²) in [6, 6.07) is 11.7. The van der Waals surface area contributed by atoms with E-state index in [2.05, 4.69) is 4.98 Å². The predicted molar refractivity (Wildman–Crippen MR) is 75.2 cm³/mol. The molecule has 0 spiro atoms. The van der Waals surface area contributed by atoms with Gasteiger partial charge in [-0.05, 0) is 43.0 Å². The van der Waals surface area contributed by atoms with Crippen molar-refractivity contribution >= 4 is 11.8 Å². The fraction of sp³-hybridized carbons (Fsp3) is 0.214. The van der Waals surface area contributed by atoms with Crippen LogP contribution in [0, 0.1) is 6.92 Å². The monoisotopic (exact) mass is 260 g/mol. The molecule has 3 nitrogen and oxygen atoms in total. The molecule has 0 aliphatic heterocycles. The first-order chi connectivity index (χ1) is 8.72. The van der Waals surface area contributed by atoms with E-state index in [-0.39, 0.29) is 0 Å². The van der Waals surface area contributed by atoms with Gasteiger partial charge in [-0.25, -0.2) is 4.98 Å². The molecule has 0 atom stereocenters. The third-order valence-electron chi connectivity index (χ3n) is 2.67. The van der Waals surface area contributed by atoms with E-state index >= 15 is 0 Å². The van der Waals surface area contributed by atoms with Gasteiger partial charge < -0.3 is 10.5 Å². The van der Waals surface area contributed by atoms with Gasteiger partial charge in [-0.2, -0.15) is 0 Å². The van der Waals surface area contributed by atoms with Crippen LogP contribution in [0.15, 0.2) is 41.3 Å². The quantitative estimate of drug-likeness (QED) is 0.856. The molecule has 1 aromatic carbocycles. The van der Waals surface area contributed by atoms with Gasteiger partial charge >= 0.3 is 0 Å². The third-order valence-corrected chi connectivity index (χ3v) is 3.42. The molecular formula is C14H16N2OS. The Hall–Kier alpha value is -1.52. The lowest BCUT2D eigenvalue weighted by Gasteiger charge is -2.08. The van der Waals surface area contributed by atoms with Gasteiger partial charge in [-0.1, -0.05) is 6.07 Å². The van der Waals surface area contributed by atoms with Crippen molar-refractivity contribution in [3.8, 4) is 11.6 Å². The third kappa shape index (κ3) is 3.03. The van der Waals surface area contributed by atoms with Crippen LogP contribution in [0.3, 0.4) is 0 Å². The molecule has 0 aliphatic carbocycles. The van der Waals surface area contributed by atoms with Crippen molar-refractivity contribution in [3.63, 3.8) is 0 Å². The van der Waals surface area contributed by atoms with Crippen LogP contribution in [0.2, 0.25) is 0 Å². The van der Waals surface area contributed by atoms with E-state index in [1.165, 1.54) is 4.90 Å². The van der Waals surface area contributed by atoms with Crippen molar-refractivity contribution in [2.24, 2.45) is 5.73 Å². The van der Waals surface area contributed by atoms with Crippen molar-refractivity contribution in [1.82, 2.24) is 4.98 Å². The average Bonchev–Trinajstić information content (AvgIpc) is 2.40. The van der Waals surface area contributed by atoms with Crippen LogP contribution in [0.4, 0.5) is 0 Å². The second-order valence-corrected chi connectivity index (χ2v) is 4.76. The van der Waals surface area contributed by atoms with Crippen LogP contribution >= 0.6 is 11.8 Å². The minimum Gasteiger partial charge on any atom is -0.439 e. The summed E-state index contributed by atoms with van der Waals surface area (Å²) >= 11 is 1.71. The lowest BCUT2D eigenvalue weighted by Crippen LogP contribution is -2.01. The van der Waals surface area contributed by atoms with Gasteiger partial charge in [0.1, 0.15) is 5.75 Å². The second kappa shape index (κ2) is 5.89. The summed E-state index contributed by atoms with van der Waals surface area (Å²) in [7, 11) is 0. The molecule has 0 aliphatic rings. The number of ether oxygens (including phenoxy) is 1. The molecule has 4 heteroatoms. The number of pyridine rings is 1. The smallest absolute Gasteiger partial charge is 0.219 e. The summed E-state index contributed by atoms with van der Waals surface area (Å²) in [6.07, 6.45) is 2.05. The first kappa shape index (κ1) is 12.9. The summed E-state index contributed by atoms with van der Waals surface area (Å²) in [5.74, 6) is 1.39. The number of thioether (sulfide) groups is 1. The molecule has 0 saturated carbocycles. The van der Waals surface area contributed by atoms with Crippen molar-refractivity contribution in [2.45, 2.75) is 18.4 Å². The van der Waals surface area contributed by atoms with E-state index in [4.69, 9.17) is 10.5 Å². The van der Waals surface area contributed by atoms with Gasteiger partial charge in [0.25, 0.3) is 0 Å². The Balaban J connectivity index is 2.15. The van der Waals surface area contributed by atoms with Gasteiger partial charge in [-0.3, -0.25) is 0 Å². The van der Waals surface area contributed by atoms with E-state index in [1.807, 2.05) is 49.6 Å². The van der Waals surface area contributed by atoms with Crippen LogP contribution < -0.4 is 10.5 Å². The van der Waals surface area contributed by atoms with Crippen molar-refractivity contribution in [1.29, 1.82) is 0 Å². The van der Waals surface area contributed by atoms with E-state index in [1.54, 1.807) is 11.8 Å². The highest BCUT2D eigenvalue weighted by atomic mass is 32.2. The Labute approximate surface area is 111 Å². The van der Waals surface area contributed by atoms with Crippen LogP contribution in [0.5, 0.6) is 11.6 Å². The fourth-order valence-electron chi connectivity index (χ4n) is 1.60. The topological polar surface area (TPSA) is 48.1 Å². The Bertz CT molecular complexity index is 526. The van der Waals surface area contributed by atoms with Crippen LogP contribution in [0.1, 0.15) is 11.3 Å². The summed E-state index contributed by atoms with van der Waals surface area (Å²) in [5, 5.41) is 0. The van der Waals surface area contributed by atoms with Crippen LogP contribution in [-0.4, -0.2) is 11.2 Å².